The van der Waals surface area contributed by atoms with Crippen LogP contribution >= 0.6 is 0 Å². The summed E-state index contributed by atoms with van der Waals surface area (Å²) in [5, 5.41) is 8.27. The fraction of sp³-hybridized carbons (Fsp3) is 1.00. The van der Waals surface area contributed by atoms with Crippen LogP contribution < -0.4 is 4.72 Å². The van der Waals surface area contributed by atoms with E-state index in [1.807, 2.05) is 13.8 Å². The Balaban J connectivity index is 2.58. The number of sulfone groups is 1. The first-order valence-corrected chi connectivity index (χ1v) is 9.74. The Hall–Kier alpha value is -0.180. The predicted octanol–water partition coefficient (Wildman–Crippen LogP) is -0.108. The molecule has 0 aromatic heterocycles. The lowest BCUT2D eigenvalue weighted by atomic mass is 9.90. The van der Waals surface area contributed by atoms with Crippen molar-refractivity contribution in [2.75, 3.05) is 24.7 Å². The average molecular weight is 313 g/mol. The average Bonchev–Trinajstić information content (AvgIpc) is 2.26. The third kappa shape index (κ3) is 5.37. The summed E-state index contributed by atoms with van der Waals surface area (Å²) in [4.78, 5) is 0. The molecule has 19 heavy (non-hydrogen) atoms. The van der Waals surface area contributed by atoms with Crippen molar-refractivity contribution in [1.29, 1.82) is 0 Å². The third-order valence-corrected chi connectivity index (χ3v) is 7.09. The van der Waals surface area contributed by atoms with Gasteiger partial charge in [-0.1, -0.05) is 13.8 Å². The number of aliphatic hydroxyl groups is 1. The molecular weight excluding hydrogens is 290 g/mol. The molecule has 6 nitrogen and oxygen atoms in total. The third-order valence-electron chi connectivity index (χ3n) is 3.48. The summed E-state index contributed by atoms with van der Waals surface area (Å²) in [5.74, 6) is -0.114. The normalized spacial score (nSPS) is 21.4. The molecule has 0 unspecified atom stereocenters. The second-order valence-electron chi connectivity index (χ2n) is 5.86. The highest BCUT2D eigenvalue weighted by molar-refractivity contribution is 7.92. The second kappa shape index (κ2) is 6.07. The van der Waals surface area contributed by atoms with Gasteiger partial charge in [0.2, 0.25) is 10.0 Å². The number of nitrogens with one attached hydrogen (secondary N) is 1. The lowest BCUT2D eigenvalue weighted by Crippen LogP contribution is -2.43. The summed E-state index contributed by atoms with van der Waals surface area (Å²) in [7, 11) is -6.53. The maximum absolute atomic E-state index is 12.1. The molecular formula is C11H23NO5S2. The Morgan fingerprint density at radius 3 is 2.26 bits per heavy atom. The molecule has 0 spiro atoms. The first-order valence-electron chi connectivity index (χ1n) is 6.38. The molecule has 0 atom stereocenters. The van der Waals surface area contributed by atoms with Gasteiger partial charge in [0.05, 0.1) is 16.8 Å². The van der Waals surface area contributed by atoms with Crippen molar-refractivity contribution >= 4 is 19.9 Å². The maximum atomic E-state index is 12.1. The number of hydrogen-bond donors (Lipinski definition) is 2. The van der Waals surface area contributed by atoms with Gasteiger partial charge in [-0.2, -0.15) is 0 Å². The van der Waals surface area contributed by atoms with Crippen molar-refractivity contribution in [2.45, 2.75) is 38.4 Å². The van der Waals surface area contributed by atoms with E-state index in [-0.39, 0.29) is 42.9 Å². The molecule has 0 aromatic carbocycles. The summed E-state index contributed by atoms with van der Waals surface area (Å²) >= 11 is 0. The molecule has 0 radical (unpaired) electrons. The van der Waals surface area contributed by atoms with E-state index in [1.165, 1.54) is 0 Å². The van der Waals surface area contributed by atoms with E-state index in [2.05, 4.69) is 4.72 Å². The standard InChI is InChI=1S/C11H23NO5S2/c1-11(2,5-6-13)9-12-19(16,17)10-3-7-18(14,15)8-4-10/h10,12-13H,3-9H2,1-2H3. The number of hydrogen-bond acceptors (Lipinski definition) is 5. The molecule has 0 aromatic rings. The minimum Gasteiger partial charge on any atom is -0.396 e. The molecule has 1 aliphatic rings. The van der Waals surface area contributed by atoms with Gasteiger partial charge in [0.25, 0.3) is 0 Å². The van der Waals surface area contributed by atoms with Crippen LogP contribution in [0.2, 0.25) is 0 Å². The molecule has 0 bridgehead atoms. The Morgan fingerprint density at radius 2 is 1.79 bits per heavy atom. The van der Waals surface area contributed by atoms with Crippen LogP contribution in [-0.2, 0) is 19.9 Å². The van der Waals surface area contributed by atoms with Gasteiger partial charge in [-0.25, -0.2) is 21.6 Å². The first-order chi connectivity index (χ1) is 8.58. The van der Waals surface area contributed by atoms with E-state index in [9.17, 15) is 16.8 Å². The molecule has 1 fully saturated rings. The van der Waals surface area contributed by atoms with Crippen molar-refractivity contribution in [2.24, 2.45) is 5.41 Å². The van der Waals surface area contributed by atoms with Gasteiger partial charge in [-0.3, -0.25) is 0 Å². The van der Waals surface area contributed by atoms with E-state index >= 15 is 0 Å². The summed E-state index contributed by atoms with van der Waals surface area (Å²) < 4.78 is 49.3. The van der Waals surface area contributed by atoms with Gasteiger partial charge in [-0.15, -0.1) is 0 Å². The zero-order chi connectivity index (χ0) is 14.7. The van der Waals surface area contributed by atoms with E-state index in [4.69, 9.17) is 5.11 Å². The highest BCUT2D eigenvalue weighted by Gasteiger charge is 2.33. The summed E-state index contributed by atoms with van der Waals surface area (Å²) in [5.41, 5.74) is -0.317. The Labute approximate surface area is 115 Å². The van der Waals surface area contributed by atoms with Gasteiger partial charge in [0.1, 0.15) is 9.84 Å². The van der Waals surface area contributed by atoms with Gasteiger partial charge in [-0.05, 0) is 24.7 Å². The topological polar surface area (TPSA) is 101 Å². The van der Waals surface area contributed by atoms with Gasteiger partial charge in [0, 0.05) is 13.2 Å². The highest BCUT2D eigenvalue weighted by Crippen LogP contribution is 2.22. The Bertz CT molecular complexity index is 481. The molecule has 1 saturated heterocycles. The van der Waals surface area contributed by atoms with Crippen LogP contribution in [0.3, 0.4) is 0 Å². The lowest BCUT2D eigenvalue weighted by Gasteiger charge is -2.27. The highest BCUT2D eigenvalue weighted by atomic mass is 32.2. The largest absolute Gasteiger partial charge is 0.396 e. The zero-order valence-corrected chi connectivity index (χ0v) is 13.1. The van der Waals surface area contributed by atoms with Crippen LogP contribution in [0.15, 0.2) is 0 Å². The predicted molar refractivity (Wildman–Crippen MR) is 74.1 cm³/mol. The van der Waals surface area contributed by atoms with Gasteiger partial charge < -0.3 is 5.11 Å². The van der Waals surface area contributed by atoms with Crippen molar-refractivity contribution in [3.8, 4) is 0 Å². The van der Waals surface area contributed by atoms with E-state index < -0.39 is 25.1 Å². The zero-order valence-electron chi connectivity index (χ0n) is 11.4. The minimum atomic E-state index is -3.48. The molecule has 8 heteroatoms. The number of aliphatic hydroxyl groups excluding tert-OH is 1. The van der Waals surface area contributed by atoms with Gasteiger partial charge >= 0.3 is 0 Å². The van der Waals surface area contributed by atoms with Crippen LogP contribution in [0.5, 0.6) is 0 Å². The SMILES string of the molecule is CC(C)(CCO)CNS(=O)(=O)C1CCS(=O)(=O)CC1. The summed E-state index contributed by atoms with van der Waals surface area (Å²) in [6, 6.07) is 0. The Morgan fingerprint density at radius 1 is 1.26 bits per heavy atom. The minimum absolute atomic E-state index is 0.0103. The molecule has 114 valence electrons. The molecule has 0 aliphatic carbocycles. The van der Waals surface area contributed by atoms with E-state index in [0.29, 0.717) is 6.42 Å². The smallest absolute Gasteiger partial charge is 0.214 e. The van der Waals surface area contributed by atoms with Crippen molar-refractivity contribution < 1.29 is 21.9 Å². The van der Waals surface area contributed by atoms with Crippen molar-refractivity contribution in [3.05, 3.63) is 0 Å². The second-order valence-corrected chi connectivity index (χ2v) is 10.2. The monoisotopic (exact) mass is 313 g/mol. The van der Waals surface area contributed by atoms with Crippen LogP contribution in [0.4, 0.5) is 0 Å². The summed E-state index contributed by atoms with van der Waals surface area (Å²) in [6.07, 6.45) is 0.838. The number of sulfonamides is 1. The van der Waals surface area contributed by atoms with Crippen LogP contribution in [-0.4, -0.2) is 51.8 Å². The Kier molecular flexibility index (Phi) is 5.39. The number of rotatable bonds is 6. The molecule has 0 saturated carbocycles. The quantitative estimate of drug-likeness (QED) is 0.713. The van der Waals surface area contributed by atoms with Gasteiger partial charge in [0.15, 0.2) is 0 Å². The molecule has 2 N–H and O–H groups in total. The molecule has 1 heterocycles. The fourth-order valence-corrected chi connectivity index (χ4v) is 5.46. The van der Waals surface area contributed by atoms with Crippen LogP contribution in [0.25, 0.3) is 0 Å². The molecule has 1 aliphatic heterocycles. The first kappa shape index (κ1) is 16.9. The van der Waals surface area contributed by atoms with Crippen LogP contribution in [0, 0.1) is 5.41 Å². The molecule has 1 rings (SSSR count). The van der Waals surface area contributed by atoms with Crippen LogP contribution in [0.1, 0.15) is 33.1 Å². The lowest BCUT2D eigenvalue weighted by molar-refractivity contribution is 0.213. The van der Waals surface area contributed by atoms with E-state index in [1.54, 1.807) is 0 Å². The van der Waals surface area contributed by atoms with Crippen molar-refractivity contribution in [1.82, 2.24) is 4.72 Å². The summed E-state index contributed by atoms with van der Waals surface area (Å²) in [6.45, 7) is 4.00. The maximum Gasteiger partial charge on any atom is 0.214 e. The fourth-order valence-electron chi connectivity index (χ4n) is 1.98. The van der Waals surface area contributed by atoms with E-state index in [0.717, 1.165) is 0 Å². The van der Waals surface area contributed by atoms with Crippen molar-refractivity contribution in [3.63, 3.8) is 0 Å². The molecule has 0 amide bonds.